The molecule has 0 amide bonds. The van der Waals surface area contributed by atoms with Crippen molar-refractivity contribution < 1.29 is 9.47 Å². The standard InChI is InChI=1S/C21H34N6O2.HI/c1-6-22-21(23-11-7-13-27-14-8-12-25-27)24-16-18(26(2)3)17-9-10-19(28-4)20(15-17)29-5;/h8-10,12,14-15,18H,6-7,11,13,16H2,1-5H3,(H2,22,23,24);1H. The molecule has 168 valence electrons. The molecule has 0 saturated carbocycles. The molecule has 8 nitrogen and oxygen atoms in total. The number of rotatable bonds is 11. The maximum Gasteiger partial charge on any atom is 0.191 e. The summed E-state index contributed by atoms with van der Waals surface area (Å²) in [4.78, 5) is 6.96. The third-order valence-corrected chi connectivity index (χ3v) is 4.60. The van der Waals surface area contributed by atoms with Crippen LogP contribution in [0.4, 0.5) is 0 Å². The Bertz CT molecular complexity index is 752. The second-order valence-electron chi connectivity index (χ2n) is 6.86. The van der Waals surface area contributed by atoms with Gasteiger partial charge in [-0.3, -0.25) is 9.67 Å². The molecule has 0 radical (unpaired) electrons. The maximum atomic E-state index is 5.46. The molecule has 9 heteroatoms. The van der Waals surface area contributed by atoms with Crippen LogP contribution in [0.2, 0.25) is 0 Å². The van der Waals surface area contributed by atoms with E-state index in [0.717, 1.165) is 49.1 Å². The normalized spacial score (nSPS) is 12.3. The fraction of sp³-hybridized carbons (Fsp3) is 0.524. The first kappa shape index (κ1) is 26.0. The van der Waals surface area contributed by atoms with Gasteiger partial charge in [-0.15, -0.1) is 24.0 Å². The summed E-state index contributed by atoms with van der Waals surface area (Å²) in [6, 6.07) is 8.08. The monoisotopic (exact) mass is 530 g/mol. The molecule has 1 unspecified atom stereocenters. The smallest absolute Gasteiger partial charge is 0.191 e. The lowest BCUT2D eigenvalue weighted by atomic mass is 10.1. The van der Waals surface area contributed by atoms with Crippen LogP contribution in [0.25, 0.3) is 0 Å². The van der Waals surface area contributed by atoms with Gasteiger partial charge in [0.25, 0.3) is 0 Å². The van der Waals surface area contributed by atoms with Crippen molar-refractivity contribution in [1.29, 1.82) is 0 Å². The summed E-state index contributed by atoms with van der Waals surface area (Å²) in [6.07, 6.45) is 4.75. The van der Waals surface area contributed by atoms with E-state index in [0.29, 0.717) is 6.54 Å². The van der Waals surface area contributed by atoms with E-state index in [9.17, 15) is 0 Å². The molecule has 0 aliphatic carbocycles. The first-order valence-electron chi connectivity index (χ1n) is 9.97. The number of nitrogens with one attached hydrogen (secondary N) is 2. The Balaban J connectivity index is 0.00000450. The highest BCUT2D eigenvalue weighted by molar-refractivity contribution is 14.0. The van der Waals surface area contributed by atoms with E-state index in [-0.39, 0.29) is 30.0 Å². The minimum Gasteiger partial charge on any atom is -0.493 e. The summed E-state index contributed by atoms with van der Waals surface area (Å²) in [5.74, 6) is 2.27. The highest BCUT2D eigenvalue weighted by Crippen LogP contribution is 2.31. The van der Waals surface area contributed by atoms with Crippen molar-refractivity contribution in [3.63, 3.8) is 0 Å². The van der Waals surface area contributed by atoms with Gasteiger partial charge in [-0.2, -0.15) is 5.10 Å². The average Bonchev–Trinajstić information content (AvgIpc) is 3.24. The molecule has 0 bridgehead atoms. The number of aliphatic imine (C=N–C) groups is 1. The number of nitrogens with zero attached hydrogens (tertiary/aromatic N) is 4. The van der Waals surface area contributed by atoms with Gasteiger partial charge in [-0.05, 0) is 51.2 Å². The summed E-state index contributed by atoms with van der Waals surface area (Å²) in [6.45, 7) is 5.21. The third-order valence-electron chi connectivity index (χ3n) is 4.60. The first-order chi connectivity index (χ1) is 14.1. The minimum absolute atomic E-state index is 0. The number of methoxy groups -OCH3 is 2. The lowest BCUT2D eigenvalue weighted by Gasteiger charge is -2.24. The van der Waals surface area contributed by atoms with E-state index >= 15 is 0 Å². The molecule has 1 atom stereocenters. The van der Waals surface area contributed by atoms with Gasteiger partial charge >= 0.3 is 0 Å². The van der Waals surface area contributed by atoms with E-state index in [1.54, 1.807) is 20.4 Å². The zero-order chi connectivity index (χ0) is 21.1. The van der Waals surface area contributed by atoms with Gasteiger partial charge in [0.1, 0.15) is 0 Å². The molecule has 1 aromatic carbocycles. The van der Waals surface area contributed by atoms with E-state index in [1.807, 2.05) is 29.1 Å². The van der Waals surface area contributed by atoms with E-state index in [2.05, 4.69) is 47.7 Å². The number of guanidine groups is 1. The summed E-state index contributed by atoms with van der Waals surface area (Å²) in [5, 5.41) is 10.9. The van der Waals surface area contributed by atoms with Crippen molar-refractivity contribution in [3.8, 4) is 11.5 Å². The fourth-order valence-electron chi connectivity index (χ4n) is 3.03. The zero-order valence-electron chi connectivity index (χ0n) is 18.6. The number of aryl methyl sites for hydroxylation is 1. The SMILES string of the molecule is CCNC(=NCC(c1ccc(OC)c(OC)c1)N(C)C)NCCCn1cccn1.I. The van der Waals surface area contributed by atoms with Crippen LogP contribution in [0, 0.1) is 0 Å². The van der Waals surface area contributed by atoms with Crippen molar-refractivity contribution in [2.45, 2.75) is 25.9 Å². The Morgan fingerprint density at radius 3 is 2.57 bits per heavy atom. The molecule has 0 spiro atoms. The number of aromatic nitrogens is 2. The molecule has 2 aromatic rings. The largest absolute Gasteiger partial charge is 0.493 e. The Kier molecular flexibility index (Phi) is 12.2. The van der Waals surface area contributed by atoms with Crippen LogP contribution in [-0.4, -0.2) is 68.6 Å². The second-order valence-corrected chi connectivity index (χ2v) is 6.86. The predicted octanol–water partition coefficient (Wildman–Crippen LogP) is 2.77. The van der Waals surface area contributed by atoms with Crippen LogP contribution in [0.1, 0.15) is 24.9 Å². The van der Waals surface area contributed by atoms with Gasteiger partial charge in [0.05, 0.1) is 26.8 Å². The topological polar surface area (TPSA) is 75.9 Å². The molecule has 1 heterocycles. The summed E-state index contributed by atoms with van der Waals surface area (Å²) in [7, 11) is 7.41. The molecule has 2 N–H and O–H groups in total. The number of hydrogen-bond donors (Lipinski definition) is 2. The lowest BCUT2D eigenvalue weighted by Crippen LogP contribution is -2.38. The molecule has 30 heavy (non-hydrogen) atoms. The lowest BCUT2D eigenvalue weighted by molar-refractivity contribution is 0.303. The highest BCUT2D eigenvalue weighted by Gasteiger charge is 2.16. The average molecular weight is 530 g/mol. The maximum absolute atomic E-state index is 5.46. The summed E-state index contributed by atoms with van der Waals surface area (Å²) >= 11 is 0. The fourth-order valence-corrected chi connectivity index (χ4v) is 3.03. The van der Waals surface area contributed by atoms with Gasteiger partial charge in [0, 0.05) is 32.0 Å². The molecule has 0 saturated heterocycles. The molecule has 2 rings (SSSR count). The van der Waals surface area contributed by atoms with Crippen LogP contribution in [0.3, 0.4) is 0 Å². The van der Waals surface area contributed by atoms with Gasteiger partial charge < -0.3 is 25.0 Å². The Morgan fingerprint density at radius 1 is 1.20 bits per heavy atom. The quantitative estimate of drug-likeness (QED) is 0.202. The van der Waals surface area contributed by atoms with Crippen molar-refractivity contribution in [1.82, 2.24) is 25.3 Å². The third kappa shape index (κ3) is 8.02. The number of likely N-dealkylation sites (N-methyl/N-ethyl adjacent to an activating group) is 1. The Morgan fingerprint density at radius 2 is 1.97 bits per heavy atom. The zero-order valence-corrected chi connectivity index (χ0v) is 20.9. The molecule has 0 aliphatic heterocycles. The van der Waals surface area contributed by atoms with E-state index in [1.165, 1.54) is 0 Å². The summed E-state index contributed by atoms with van der Waals surface area (Å²) < 4.78 is 12.7. The van der Waals surface area contributed by atoms with Crippen molar-refractivity contribution in [2.75, 3.05) is 47.9 Å². The molecule has 1 aromatic heterocycles. The summed E-state index contributed by atoms with van der Waals surface area (Å²) in [5.41, 5.74) is 1.13. The Hall–Kier alpha value is -2.01. The van der Waals surface area contributed by atoms with E-state index in [4.69, 9.17) is 14.5 Å². The molecular weight excluding hydrogens is 495 g/mol. The van der Waals surface area contributed by atoms with Crippen LogP contribution in [0.15, 0.2) is 41.7 Å². The van der Waals surface area contributed by atoms with Crippen LogP contribution >= 0.6 is 24.0 Å². The van der Waals surface area contributed by atoms with Crippen molar-refractivity contribution >= 4 is 29.9 Å². The first-order valence-corrected chi connectivity index (χ1v) is 9.97. The number of halogens is 1. The molecule has 0 fully saturated rings. The number of ether oxygens (including phenoxy) is 2. The van der Waals surface area contributed by atoms with Crippen LogP contribution in [-0.2, 0) is 6.54 Å². The van der Waals surface area contributed by atoms with Gasteiger partial charge in [-0.1, -0.05) is 6.07 Å². The highest BCUT2D eigenvalue weighted by atomic mass is 127. The van der Waals surface area contributed by atoms with Gasteiger partial charge in [0.2, 0.25) is 0 Å². The van der Waals surface area contributed by atoms with Gasteiger partial charge in [-0.25, -0.2) is 0 Å². The minimum atomic E-state index is 0. The molecule has 0 aliphatic rings. The van der Waals surface area contributed by atoms with E-state index < -0.39 is 0 Å². The van der Waals surface area contributed by atoms with Crippen molar-refractivity contribution in [2.24, 2.45) is 4.99 Å². The number of benzene rings is 1. The molecular formula is C21H35IN6O2. The van der Waals surface area contributed by atoms with Crippen molar-refractivity contribution in [3.05, 3.63) is 42.2 Å². The number of hydrogen-bond acceptors (Lipinski definition) is 5. The van der Waals surface area contributed by atoms with Crippen LogP contribution < -0.4 is 20.1 Å². The van der Waals surface area contributed by atoms with Crippen LogP contribution in [0.5, 0.6) is 11.5 Å². The second kappa shape index (κ2) is 14.1. The Labute approximate surface area is 197 Å². The predicted molar refractivity (Wildman–Crippen MR) is 132 cm³/mol. The van der Waals surface area contributed by atoms with Gasteiger partial charge in [0.15, 0.2) is 17.5 Å².